The van der Waals surface area contributed by atoms with Crippen molar-refractivity contribution in [2.45, 2.75) is 12.0 Å². The Hall–Kier alpha value is -0.570. The van der Waals surface area contributed by atoms with Crippen molar-refractivity contribution in [1.29, 1.82) is 0 Å². The standard InChI is InChI=1S/C11H16ClN3O3S2/c1-18-6-9-13-8(12)5-10(14-9)15-3-4-19-7-11(15)20(2,16)17/h5,11H,3-4,6-7H2,1-2H3. The van der Waals surface area contributed by atoms with Crippen molar-refractivity contribution in [3.05, 3.63) is 17.0 Å². The zero-order chi connectivity index (χ0) is 14.8. The van der Waals surface area contributed by atoms with Gasteiger partial charge in [0, 0.05) is 37.5 Å². The van der Waals surface area contributed by atoms with Gasteiger partial charge in [0.2, 0.25) is 0 Å². The molecule has 1 unspecified atom stereocenters. The quantitative estimate of drug-likeness (QED) is 0.764. The van der Waals surface area contributed by atoms with Crippen LogP contribution in [-0.2, 0) is 21.2 Å². The van der Waals surface area contributed by atoms with Gasteiger partial charge in [-0.25, -0.2) is 18.4 Å². The molecule has 2 heterocycles. The number of rotatable bonds is 4. The lowest BCUT2D eigenvalue weighted by atomic mass is 10.4. The van der Waals surface area contributed by atoms with E-state index in [2.05, 4.69) is 9.97 Å². The average Bonchev–Trinajstić information content (AvgIpc) is 2.37. The fourth-order valence-electron chi connectivity index (χ4n) is 1.99. The van der Waals surface area contributed by atoms with Gasteiger partial charge in [0.05, 0.1) is 0 Å². The van der Waals surface area contributed by atoms with E-state index in [1.165, 1.54) is 6.26 Å². The van der Waals surface area contributed by atoms with Crippen molar-refractivity contribution in [2.24, 2.45) is 0 Å². The van der Waals surface area contributed by atoms with Gasteiger partial charge in [0.1, 0.15) is 23.0 Å². The predicted octanol–water partition coefficient (Wildman–Crippen LogP) is 1.20. The smallest absolute Gasteiger partial charge is 0.169 e. The molecule has 1 aromatic rings. The number of thioether (sulfide) groups is 1. The lowest BCUT2D eigenvalue weighted by molar-refractivity contribution is 0.178. The lowest BCUT2D eigenvalue weighted by Gasteiger charge is -2.35. The Labute approximate surface area is 127 Å². The summed E-state index contributed by atoms with van der Waals surface area (Å²) in [5.74, 6) is 2.36. The molecule has 0 aromatic carbocycles. The predicted molar refractivity (Wildman–Crippen MR) is 81.1 cm³/mol. The number of sulfone groups is 1. The highest BCUT2D eigenvalue weighted by molar-refractivity contribution is 8.01. The summed E-state index contributed by atoms with van der Waals surface area (Å²) in [4.78, 5) is 10.2. The largest absolute Gasteiger partial charge is 0.377 e. The van der Waals surface area contributed by atoms with Crippen LogP contribution in [0.1, 0.15) is 5.82 Å². The van der Waals surface area contributed by atoms with Crippen LogP contribution in [0.25, 0.3) is 0 Å². The summed E-state index contributed by atoms with van der Waals surface area (Å²) in [6.45, 7) is 0.849. The molecule has 1 saturated heterocycles. The first-order chi connectivity index (χ1) is 9.41. The van der Waals surface area contributed by atoms with Crippen LogP contribution in [0.5, 0.6) is 0 Å². The van der Waals surface area contributed by atoms with E-state index in [0.717, 1.165) is 5.75 Å². The monoisotopic (exact) mass is 337 g/mol. The summed E-state index contributed by atoms with van der Waals surface area (Å²) in [7, 11) is -1.65. The first kappa shape index (κ1) is 15.8. The molecule has 1 aromatic heterocycles. The molecule has 1 fully saturated rings. The van der Waals surface area contributed by atoms with Crippen LogP contribution in [0.3, 0.4) is 0 Å². The van der Waals surface area contributed by atoms with E-state index < -0.39 is 15.2 Å². The van der Waals surface area contributed by atoms with E-state index >= 15 is 0 Å². The second-order valence-electron chi connectivity index (χ2n) is 4.45. The number of nitrogens with zero attached hydrogens (tertiary/aromatic N) is 3. The van der Waals surface area contributed by atoms with Gasteiger partial charge in [-0.2, -0.15) is 11.8 Å². The van der Waals surface area contributed by atoms with Crippen molar-refractivity contribution in [2.75, 3.05) is 36.3 Å². The molecule has 20 heavy (non-hydrogen) atoms. The molecular formula is C11H16ClN3O3S2. The highest BCUT2D eigenvalue weighted by Crippen LogP contribution is 2.26. The maximum Gasteiger partial charge on any atom is 0.169 e. The molecule has 6 nitrogen and oxygen atoms in total. The fourth-order valence-corrected chi connectivity index (χ4v) is 5.01. The Morgan fingerprint density at radius 3 is 2.95 bits per heavy atom. The Balaban J connectivity index is 2.37. The molecule has 1 atom stereocenters. The van der Waals surface area contributed by atoms with E-state index in [1.807, 2.05) is 0 Å². The molecule has 1 aliphatic heterocycles. The van der Waals surface area contributed by atoms with Gasteiger partial charge in [-0.15, -0.1) is 0 Å². The number of hydrogen-bond donors (Lipinski definition) is 0. The molecule has 0 bridgehead atoms. The first-order valence-corrected chi connectivity index (χ1v) is 9.46. The maximum atomic E-state index is 11.9. The molecule has 112 valence electrons. The molecular weight excluding hydrogens is 322 g/mol. The maximum absolute atomic E-state index is 11.9. The summed E-state index contributed by atoms with van der Waals surface area (Å²) < 4.78 is 28.8. The second kappa shape index (κ2) is 6.46. The molecule has 0 amide bonds. The SMILES string of the molecule is COCc1nc(Cl)cc(N2CCSCC2S(C)(=O)=O)n1. The third kappa shape index (κ3) is 3.75. The number of anilines is 1. The highest BCUT2D eigenvalue weighted by Gasteiger charge is 2.32. The summed E-state index contributed by atoms with van der Waals surface area (Å²) in [6, 6.07) is 1.59. The van der Waals surface area contributed by atoms with Crippen molar-refractivity contribution in [1.82, 2.24) is 9.97 Å². The van der Waals surface area contributed by atoms with Crippen molar-refractivity contribution in [3.8, 4) is 0 Å². The molecule has 2 rings (SSSR count). The van der Waals surface area contributed by atoms with Crippen molar-refractivity contribution in [3.63, 3.8) is 0 Å². The summed E-state index contributed by atoms with van der Waals surface area (Å²) in [5.41, 5.74) is 0. The molecule has 0 aliphatic carbocycles. The molecule has 0 saturated carbocycles. The Kier molecular flexibility index (Phi) is 5.11. The van der Waals surface area contributed by atoms with E-state index in [1.54, 1.807) is 29.8 Å². The third-order valence-electron chi connectivity index (χ3n) is 2.87. The molecule has 0 radical (unpaired) electrons. The van der Waals surface area contributed by atoms with Gasteiger partial charge in [-0.1, -0.05) is 11.6 Å². The zero-order valence-electron chi connectivity index (χ0n) is 11.2. The van der Waals surface area contributed by atoms with E-state index in [4.69, 9.17) is 16.3 Å². The van der Waals surface area contributed by atoms with Gasteiger partial charge in [0.25, 0.3) is 0 Å². The summed E-state index contributed by atoms with van der Waals surface area (Å²) in [6.07, 6.45) is 1.25. The first-order valence-electron chi connectivity index (χ1n) is 5.97. The van der Waals surface area contributed by atoms with Crippen LogP contribution in [0.4, 0.5) is 5.82 Å². The number of methoxy groups -OCH3 is 1. The minimum atomic E-state index is -3.19. The topological polar surface area (TPSA) is 72.4 Å². The van der Waals surface area contributed by atoms with Crippen LogP contribution in [0, 0.1) is 0 Å². The van der Waals surface area contributed by atoms with Crippen molar-refractivity contribution >= 4 is 39.0 Å². The number of halogens is 1. The van der Waals surface area contributed by atoms with Crippen LogP contribution in [0.15, 0.2) is 6.07 Å². The van der Waals surface area contributed by atoms with Crippen LogP contribution in [-0.4, -0.2) is 55.2 Å². The summed E-state index contributed by atoms with van der Waals surface area (Å²) in [5, 5.41) is -0.296. The Morgan fingerprint density at radius 1 is 1.55 bits per heavy atom. The van der Waals surface area contributed by atoms with Crippen LogP contribution >= 0.6 is 23.4 Å². The van der Waals surface area contributed by atoms with Gasteiger partial charge >= 0.3 is 0 Å². The average molecular weight is 338 g/mol. The van der Waals surface area contributed by atoms with E-state index in [-0.39, 0.29) is 11.8 Å². The highest BCUT2D eigenvalue weighted by atomic mass is 35.5. The van der Waals surface area contributed by atoms with Crippen LogP contribution in [0.2, 0.25) is 5.15 Å². The van der Waals surface area contributed by atoms with Crippen LogP contribution < -0.4 is 4.90 Å². The lowest BCUT2D eigenvalue weighted by Crippen LogP contribution is -2.47. The number of ether oxygens (including phenoxy) is 1. The van der Waals surface area contributed by atoms with Crippen molar-refractivity contribution < 1.29 is 13.2 Å². The van der Waals surface area contributed by atoms with Gasteiger partial charge < -0.3 is 9.64 Å². The molecule has 0 spiro atoms. The number of hydrogen-bond acceptors (Lipinski definition) is 7. The van der Waals surface area contributed by atoms with E-state index in [9.17, 15) is 8.42 Å². The number of aromatic nitrogens is 2. The normalized spacial score (nSPS) is 20.1. The van der Waals surface area contributed by atoms with Gasteiger partial charge in [0.15, 0.2) is 15.7 Å². The molecule has 9 heteroatoms. The second-order valence-corrected chi connectivity index (χ2v) is 8.19. The fraction of sp³-hybridized carbons (Fsp3) is 0.636. The zero-order valence-corrected chi connectivity index (χ0v) is 13.6. The minimum Gasteiger partial charge on any atom is -0.377 e. The minimum absolute atomic E-state index is 0.236. The molecule has 0 N–H and O–H groups in total. The van der Waals surface area contributed by atoms with Gasteiger partial charge in [-0.05, 0) is 0 Å². The van der Waals surface area contributed by atoms with E-state index in [0.29, 0.717) is 23.9 Å². The van der Waals surface area contributed by atoms with Gasteiger partial charge in [-0.3, -0.25) is 0 Å². The third-order valence-corrected chi connectivity index (χ3v) is 5.71. The Bertz CT molecular complexity index is 582. The molecule has 1 aliphatic rings. The Morgan fingerprint density at radius 2 is 2.30 bits per heavy atom. The summed E-state index contributed by atoms with van der Waals surface area (Å²) >= 11 is 7.60.